The van der Waals surface area contributed by atoms with Crippen molar-refractivity contribution in [3.05, 3.63) is 29.8 Å². The van der Waals surface area contributed by atoms with E-state index in [1.165, 1.54) is 0 Å². The number of aliphatic carboxylic acids is 1. The Hall–Kier alpha value is -1.57. The summed E-state index contributed by atoms with van der Waals surface area (Å²) in [5, 5.41) is 15.4. The molecule has 1 atom stereocenters. The normalized spacial score (nSPS) is 24.9. The van der Waals surface area contributed by atoms with Gasteiger partial charge in [-0.25, -0.2) is 0 Å². The Bertz CT molecular complexity index is 638. The molecule has 1 saturated carbocycles. The van der Waals surface area contributed by atoms with Crippen molar-refractivity contribution in [3.63, 3.8) is 0 Å². The average Bonchev–Trinajstić information content (AvgIpc) is 2.69. The molecule has 2 aliphatic rings. The third-order valence-corrected chi connectivity index (χ3v) is 7.21. The van der Waals surface area contributed by atoms with Gasteiger partial charge in [0.15, 0.2) is 4.90 Å². The Morgan fingerprint density at radius 2 is 1.70 bits per heavy atom. The molecule has 1 saturated heterocycles. The third kappa shape index (κ3) is 5.70. The zero-order chi connectivity index (χ0) is 19.2. The van der Waals surface area contributed by atoms with Crippen LogP contribution >= 0.6 is 0 Å². The molecule has 148 valence electrons. The van der Waals surface area contributed by atoms with Crippen LogP contribution in [0.3, 0.4) is 0 Å². The van der Waals surface area contributed by atoms with Crippen molar-refractivity contribution in [1.29, 1.82) is 0 Å². The summed E-state index contributed by atoms with van der Waals surface area (Å²) in [7, 11) is 0. The van der Waals surface area contributed by atoms with Gasteiger partial charge in [0.05, 0.1) is 5.92 Å². The van der Waals surface area contributed by atoms with E-state index in [-0.39, 0.29) is 17.9 Å². The zero-order valence-electron chi connectivity index (χ0n) is 15.5. The van der Waals surface area contributed by atoms with Crippen LogP contribution < -0.4 is 10.6 Å². The summed E-state index contributed by atoms with van der Waals surface area (Å²) >= 11 is -1.03. The standard InChI is InChI=1S/C20H28N2O4S/c23-19(22-17-5-1-16(2-6-17)20(24)25)15-3-7-18(8-4-15)27(26)13-14-9-11-21-12-10-14/h3-4,7-8,14,16-17,21H,1-2,5-6,9-13H2,(H,22,23)(H,24,25)/t16-,17-,27?. The van der Waals surface area contributed by atoms with Crippen LogP contribution in [0.5, 0.6) is 0 Å². The first-order chi connectivity index (χ1) is 13.0. The average molecular weight is 393 g/mol. The van der Waals surface area contributed by atoms with Crippen LogP contribution in [0.25, 0.3) is 0 Å². The van der Waals surface area contributed by atoms with E-state index in [4.69, 9.17) is 5.11 Å². The first-order valence-corrected chi connectivity index (χ1v) is 11.1. The minimum atomic E-state index is -1.03. The molecule has 1 amide bonds. The monoisotopic (exact) mass is 392 g/mol. The topological polar surface area (TPSA) is 101 Å². The largest absolute Gasteiger partial charge is 0.611 e. The van der Waals surface area contributed by atoms with Gasteiger partial charge in [-0.2, -0.15) is 0 Å². The number of carboxylic acid groups (broad SMARTS) is 1. The number of carbonyl (C=O) groups is 2. The maximum absolute atomic E-state index is 12.5. The fourth-order valence-electron chi connectivity index (χ4n) is 3.87. The number of carbonyl (C=O) groups excluding carboxylic acids is 1. The van der Waals surface area contributed by atoms with Crippen LogP contribution in [0.4, 0.5) is 0 Å². The maximum atomic E-state index is 12.5. The summed E-state index contributed by atoms with van der Waals surface area (Å²) in [6.07, 6.45) is 4.73. The number of amides is 1. The van der Waals surface area contributed by atoms with Gasteiger partial charge in [0.1, 0.15) is 5.75 Å². The summed E-state index contributed by atoms with van der Waals surface area (Å²) in [5.74, 6) is 0.000658. The van der Waals surface area contributed by atoms with Gasteiger partial charge in [-0.1, -0.05) is 0 Å². The molecule has 3 rings (SSSR count). The lowest BCUT2D eigenvalue weighted by atomic mass is 9.86. The van der Waals surface area contributed by atoms with E-state index in [0.29, 0.717) is 42.9 Å². The van der Waals surface area contributed by atoms with Crippen LogP contribution in [0.1, 0.15) is 48.9 Å². The number of carboxylic acids is 1. The maximum Gasteiger partial charge on any atom is 0.306 e. The first-order valence-electron chi connectivity index (χ1n) is 9.75. The van der Waals surface area contributed by atoms with Gasteiger partial charge in [-0.15, -0.1) is 0 Å². The van der Waals surface area contributed by atoms with Crippen molar-refractivity contribution in [2.45, 2.75) is 49.5 Å². The molecule has 27 heavy (non-hydrogen) atoms. The van der Waals surface area contributed by atoms with Gasteiger partial charge >= 0.3 is 5.97 Å². The Morgan fingerprint density at radius 3 is 2.30 bits per heavy atom. The molecule has 1 aliphatic heterocycles. The van der Waals surface area contributed by atoms with Crippen LogP contribution in [-0.4, -0.2) is 46.4 Å². The molecule has 1 aromatic rings. The molecule has 0 radical (unpaired) electrons. The van der Waals surface area contributed by atoms with Gasteiger partial charge in [0.25, 0.3) is 5.91 Å². The predicted octanol–water partition coefficient (Wildman–Crippen LogP) is 2.17. The minimum absolute atomic E-state index is 0.0295. The first kappa shape index (κ1) is 20.2. The van der Waals surface area contributed by atoms with Crippen molar-refractivity contribution in [1.82, 2.24) is 10.6 Å². The van der Waals surface area contributed by atoms with E-state index in [0.717, 1.165) is 30.8 Å². The molecule has 3 N–H and O–H groups in total. The Labute approximate surface area is 163 Å². The number of benzene rings is 1. The Balaban J connectivity index is 1.49. The fourth-order valence-corrected chi connectivity index (χ4v) is 5.26. The number of hydrogen-bond donors (Lipinski definition) is 3. The molecule has 1 unspecified atom stereocenters. The van der Waals surface area contributed by atoms with Gasteiger partial charge < -0.3 is 20.3 Å². The lowest BCUT2D eigenvalue weighted by Gasteiger charge is -2.26. The van der Waals surface area contributed by atoms with E-state index in [1.807, 2.05) is 0 Å². The molecular weight excluding hydrogens is 364 g/mol. The molecule has 6 nitrogen and oxygen atoms in total. The molecule has 1 aromatic carbocycles. The molecule has 2 fully saturated rings. The van der Waals surface area contributed by atoms with E-state index in [9.17, 15) is 14.1 Å². The van der Waals surface area contributed by atoms with Gasteiger partial charge in [-0.3, -0.25) is 9.59 Å². The van der Waals surface area contributed by atoms with Crippen molar-refractivity contribution in [3.8, 4) is 0 Å². The SMILES string of the molecule is O=C(N[C@H]1CC[C@H](C(=O)O)CC1)c1ccc([S+]([O-])CC2CCNCC2)cc1. The van der Waals surface area contributed by atoms with E-state index in [1.54, 1.807) is 24.3 Å². The smallest absolute Gasteiger partial charge is 0.306 e. The van der Waals surface area contributed by atoms with E-state index >= 15 is 0 Å². The van der Waals surface area contributed by atoms with Gasteiger partial charge in [0, 0.05) is 17.5 Å². The van der Waals surface area contributed by atoms with Gasteiger partial charge in [0.2, 0.25) is 0 Å². The second-order valence-electron chi connectivity index (χ2n) is 7.59. The van der Waals surface area contributed by atoms with Crippen molar-refractivity contribution in [2.75, 3.05) is 18.8 Å². The van der Waals surface area contributed by atoms with Crippen LogP contribution in [-0.2, 0) is 16.0 Å². The quantitative estimate of drug-likeness (QED) is 0.644. The van der Waals surface area contributed by atoms with E-state index < -0.39 is 17.1 Å². The highest BCUT2D eigenvalue weighted by Crippen LogP contribution is 2.25. The number of piperidine rings is 1. The molecular formula is C20H28N2O4S. The summed E-state index contributed by atoms with van der Waals surface area (Å²) < 4.78 is 12.5. The number of rotatable bonds is 6. The van der Waals surface area contributed by atoms with Crippen LogP contribution in [0, 0.1) is 11.8 Å². The zero-order valence-corrected chi connectivity index (χ0v) is 16.3. The summed E-state index contributed by atoms with van der Waals surface area (Å²) in [6.45, 7) is 1.99. The molecule has 7 heteroatoms. The second kappa shape index (κ2) is 9.57. The molecule has 0 aromatic heterocycles. The van der Waals surface area contributed by atoms with Crippen molar-refractivity contribution >= 4 is 23.1 Å². The fraction of sp³-hybridized carbons (Fsp3) is 0.600. The highest BCUT2D eigenvalue weighted by Gasteiger charge is 2.27. The highest BCUT2D eigenvalue weighted by molar-refractivity contribution is 7.91. The number of nitrogens with one attached hydrogen (secondary N) is 2. The Morgan fingerprint density at radius 1 is 1.07 bits per heavy atom. The van der Waals surface area contributed by atoms with Crippen molar-refractivity contribution in [2.24, 2.45) is 11.8 Å². The summed E-state index contributed by atoms with van der Waals surface area (Å²) in [6, 6.07) is 7.06. The lowest BCUT2D eigenvalue weighted by Crippen LogP contribution is -2.38. The van der Waals surface area contributed by atoms with Gasteiger partial charge in [-0.05, 0) is 87.1 Å². The van der Waals surface area contributed by atoms with E-state index in [2.05, 4.69) is 10.6 Å². The molecule has 0 bridgehead atoms. The lowest BCUT2D eigenvalue weighted by molar-refractivity contribution is -0.142. The predicted molar refractivity (Wildman–Crippen MR) is 104 cm³/mol. The van der Waals surface area contributed by atoms with Crippen LogP contribution in [0.2, 0.25) is 0 Å². The third-order valence-electron chi connectivity index (χ3n) is 5.64. The Kier molecular flexibility index (Phi) is 7.15. The minimum Gasteiger partial charge on any atom is -0.611 e. The van der Waals surface area contributed by atoms with Crippen molar-refractivity contribution < 1.29 is 19.2 Å². The molecule has 1 heterocycles. The highest BCUT2D eigenvalue weighted by atomic mass is 32.2. The molecule has 0 spiro atoms. The number of hydrogen-bond acceptors (Lipinski definition) is 4. The van der Waals surface area contributed by atoms with Crippen LogP contribution in [0.15, 0.2) is 29.2 Å². The molecule has 1 aliphatic carbocycles. The summed E-state index contributed by atoms with van der Waals surface area (Å²) in [5.41, 5.74) is 0.554. The summed E-state index contributed by atoms with van der Waals surface area (Å²) in [4.78, 5) is 24.2. The second-order valence-corrected chi connectivity index (χ2v) is 9.09.